The summed E-state index contributed by atoms with van der Waals surface area (Å²) in [6.45, 7) is 3.80. The Hall–Kier alpha value is -2.14. The zero-order valence-corrected chi connectivity index (χ0v) is 12.1. The summed E-state index contributed by atoms with van der Waals surface area (Å²) >= 11 is 0. The van der Waals surface area contributed by atoms with E-state index >= 15 is 0 Å². The highest BCUT2D eigenvalue weighted by Crippen LogP contribution is 2.22. The second-order valence-corrected chi connectivity index (χ2v) is 5.42. The molecular formula is C16H20N4O. The number of benzene rings is 1. The van der Waals surface area contributed by atoms with Crippen molar-refractivity contribution in [2.75, 3.05) is 24.3 Å². The van der Waals surface area contributed by atoms with Crippen molar-refractivity contribution < 1.29 is 4.74 Å². The second kappa shape index (κ2) is 6.10. The van der Waals surface area contributed by atoms with Gasteiger partial charge in [-0.05, 0) is 13.3 Å². The number of rotatable bonds is 4. The topological polar surface area (TPSA) is 73.1 Å². The Labute approximate surface area is 124 Å². The normalized spacial score (nSPS) is 19.4. The van der Waals surface area contributed by atoms with Crippen LogP contribution >= 0.6 is 0 Å². The number of ether oxygens (including phenoxy) is 1. The number of aromatic nitrogens is 2. The second-order valence-electron chi connectivity index (χ2n) is 5.42. The Morgan fingerprint density at radius 3 is 2.81 bits per heavy atom. The fraction of sp³-hybridized carbons (Fsp3) is 0.375. The zero-order valence-electron chi connectivity index (χ0n) is 12.1. The van der Waals surface area contributed by atoms with E-state index in [1.54, 1.807) is 6.07 Å². The number of anilines is 2. The predicted molar refractivity (Wildman–Crippen MR) is 83.9 cm³/mol. The highest BCUT2D eigenvalue weighted by molar-refractivity contribution is 5.60. The van der Waals surface area contributed by atoms with Gasteiger partial charge in [0, 0.05) is 30.2 Å². The van der Waals surface area contributed by atoms with E-state index in [0.29, 0.717) is 23.6 Å². The van der Waals surface area contributed by atoms with Crippen LogP contribution in [0, 0.1) is 5.92 Å². The van der Waals surface area contributed by atoms with E-state index in [0.717, 1.165) is 31.0 Å². The van der Waals surface area contributed by atoms with Crippen LogP contribution in [0.4, 0.5) is 11.6 Å². The molecule has 5 nitrogen and oxygen atoms in total. The molecule has 1 aromatic heterocycles. The third-order valence-electron chi connectivity index (χ3n) is 3.83. The molecule has 2 atom stereocenters. The maximum atomic E-state index is 5.91. The Kier molecular flexibility index (Phi) is 4.01. The van der Waals surface area contributed by atoms with Crippen molar-refractivity contribution in [2.45, 2.75) is 19.4 Å². The fourth-order valence-electron chi connectivity index (χ4n) is 2.55. The highest BCUT2D eigenvalue weighted by atomic mass is 16.5. The van der Waals surface area contributed by atoms with Crippen molar-refractivity contribution in [3.8, 4) is 11.4 Å². The van der Waals surface area contributed by atoms with E-state index < -0.39 is 0 Å². The van der Waals surface area contributed by atoms with Gasteiger partial charge in [0.25, 0.3) is 0 Å². The number of nitrogens with zero attached hydrogens (tertiary/aromatic N) is 2. The van der Waals surface area contributed by atoms with Gasteiger partial charge in [-0.25, -0.2) is 9.97 Å². The minimum Gasteiger partial charge on any atom is -0.384 e. The quantitative estimate of drug-likeness (QED) is 0.902. The molecule has 1 fully saturated rings. The summed E-state index contributed by atoms with van der Waals surface area (Å²) < 4.78 is 5.44. The van der Waals surface area contributed by atoms with Crippen LogP contribution in [0.2, 0.25) is 0 Å². The summed E-state index contributed by atoms with van der Waals surface area (Å²) in [5.74, 6) is 2.40. The van der Waals surface area contributed by atoms with Crippen molar-refractivity contribution in [1.29, 1.82) is 0 Å². The third kappa shape index (κ3) is 3.31. The Morgan fingerprint density at radius 2 is 2.10 bits per heavy atom. The van der Waals surface area contributed by atoms with Crippen molar-refractivity contribution >= 4 is 11.6 Å². The first-order chi connectivity index (χ1) is 10.2. The first-order valence-corrected chi connectivity index (χ1v) is 7.26. The van der Waals surface area contributed by atoms with Crippen LogP contribution in [0.5, 0.6) is 0 Å². The molecule has 1 aliphatic heterocycles. The van der Waals surface area contributed by atoms with Gasteiger partial charge in [0.05, 0.1) is 6.61 Å². The molecule has 0 spiro atoms. The summed E-state index contributed by atoms with van der Waals surface area (Å²) in [5.41, 5.74) is 6.87. The molecular weight excluding hydrogens is 264 g/mol. The van der Waals surface area contributed by atoms with Crippen LogP contribution in [0.1, 0.15) is 13.3 Å². The van der Waals surface area contributed by atoms with Gasteiger partial charge in [-0.2, -0.15) is 0 Å². The average molecular weight is 284 g/mol. The number of hydrogen-bond donors (Lipinski definition) is 2. The molecule has 2 unspecified atom stereocenters. The van der Waals surface area contributed by atoms with E-state index in [9.17, 15) is 0 Å². The summed E-state index contributed by atoms with van der Waals surface area (Å²) in [6.07, 6.45) is 1.08. The van der Waals surface area contributed by atoms with Crippen LogP contribution in [0.25, 0.3) is 11.4 Å². The third-order valence-corrected chi connectivity index (χ3v) is 3.83. The fourth-order valence-corrected chi connectivity index (χ4v) is 2.55. The van der Waals surface area contributed by atoms with Crippen LogP contribution in [0.3, 0.4) is 0 Å². The van der Waals surface area contributed by atoms with Gasteiger partial charge >= 0.3 is 0 Å². The zero-order chi connectivity index (χ0) is 14.7. The van der Waals surface area contributed by atoms with Crippen molar-refractivity contribution in [1.82, 2.24) is 9.97 Å². The lowest BCUT2D eigenvalue weighted by Crippen LogP contribution is -2.26. The molecule has 3 rings (SSSR count). The number of nitrogens with two attached hydrogens (primary N) is 1. The lowest BCUT2D eigenvalue weighted by molar-refractivity contribution is 0.183. The van der Waals surface area contributed by atoms with Crippen LogP contribution in [-0.2, 0) is 4.74 Å². The molecule has 110 valence electrons. The maximum absolute atomic E-state index is 5.91. The van der Waals surface area contributed by atoms with E-state index in [2.05, 4.69) is 22.2 Å². The first-order valence-electron chi connectivity index (χ1n) is 7.26. The molecule has 0 aliphatic carbocycles. The Morgan fingerprint density at radius 1 is 1.29 bits per heavy atom. The Bertz CT molecular complexity index is 596. The predicted octanol–water partition coefficient (Wildman–Crippen LogP) is 2.56. The number of nitrogens with one attached hydrogen (secondary N) is 1. The molecule has 0 radical (unpaired) electrons. The smallest absolute Gasteiger partial charge is 0.163 e. The van der Waals surface area contributed by atoms with Crippen molar-refractivity contribution in [3.05, 3.63) is 36.4 Å². The van der Waals surface area contributed by atoms with E-state index in [4.69, 9.17) is 10.5 Å². The molecule has 2 heterocycles. The SMILES string of the molecule is CC(Nc1cc(N)nc(-c2ccccc2)n1)C1CCOC1. The average Bonchev–Trinajstić information content (AvgIpc) is 3.02. The molecule has 3 N–H and O–H groups in total. The van der Waals surface area contributed by atoms with Gasteiger partial charge in [-0.15, -0.1) is 0 Å². The van der Waals surface area contributed by atoms with Crippen molar-refractivity contribution in [3.63, 3.8) is 0 Å². The summed E-state index contributed by atoms with van der Waals surface area (Å²) in [4.78, 5) is 8.88. The van der Waals surface area contributed by atoms with Crippen LogP contribution in [-0.4, -0.2) is 29.2 Å². The molecule has 1 aliphatic rings. The standard InChI is InChI=1S/C16H20N4O/c1-11(13-7-8-21-10-13)18-15-9-14(17)19-16(20-15)12-5-3-2-4-6-12/h2-6,9,11,13H,7-8,10H2,1H3,(H3,17,18,19,20). The van der Waals surface area contributed by atoms with Gasteiger partial charge in [0.15, 0.2) is 5.82 Å². The van der Waals surface area contributed by atoms with Crippen LogP contribution < -0.4 is 11.1 Å². The minimum atomic E-state index is 0.297. The van der Waals surface area contributed by atoms with E-state index in [1.807, 2.05) is 30.3 Å². The molecule has 1 aromatic carbocycles. The van der Waals surface area contributed by atoms with Crippen LogP contribution in [0.15, 0.2) is 36.4 Å². The van der Waals surface area contributed by atoms with Gasteiger partial charge in [-0.1, -0.05) is 30.3 Å². The number of hydrogen-bond acceptors (Lipinski definition) is 5. The van der Waals surface area contributed by atoms with Gasteiger partial charge in [0.2, 0.25) is 0 Å². The van der Waals surface area contributed by atoms with Crippen molar-refractivity contribution in [2.24, 2.45) is 5.92 Å². The first kappa shape index (κ1) is 13.8. The number of nitrogen functional groups attached to an aromatic ring is 1. The Balaban J connectivity index is 1.81. The molecule has 0 saturated carbocycles. The van der Waals surface area contributed by atoms with Gasteiger partial charge in [0.1, 0.15) is 11.6 Å². The summed E-state index contributed by atoms with van der Waals surface area (Å²) in [6, 6.07) is 11.9. The summed E-state index contributed by atoms with van der Waals surface area (Å²) in [7, 11) is 0. The van der Waals surface area contributed by atoms with E-state index in [1.165, 1.54) is 0 Å². The molecule has 2 aromatic rings. The van der Waals surface area contributed by atoms with E-state index in [-0.39, 0.29) is 0 Å². The molecule has 0 amide bonds. The van der Waals surface area contributed by atoms with Gasteiger partial charge < -0.3 is 15.8 Å². The largest absolute Gasteiger partial charge is 0.384 e. The lowest BCUT2D eigenvalue weighted by atomic mass is 10.0. The molecule has 5 heteroatoms. The van der Waals surface area contributed by atoms with Gasteiger partial charge in [-0.3, -0.25) is 0 Å². The minimum absolute atomic E-state index is 0.297. The lowest BCUT2D eigenvalue weighted by Gasteiger charge is -2.20. The highest BCUT2D eigenvalue weighted by Gasteiger charge is 2.22. The summed E-state index contributed by atoms with van der Waals surface area (Å²) in [5, 5.41) is 3.42. The molecule has 0 bridgehead atoms. The monoisotopic (exact) mass is 284 g/mol. The molecule has 1 saturated heterocycles. The molecule has 21 heavy (non-hydrogen) atoms. The maximum Gasteiger partial charge on any atom is 0.163 e.